The van der Waals surface area contributed by atoms with Crippen molar-refractivity contribution in [2.24, 2.45) is 0 Å². The molecule has 10 heavy (non-hydrogen) atoms. The number of aliphatic hydroxyl groups excluding tert-OH is 3. The lowest BCUT2D eigenvalue weighted by molar-refractivity contribution is -0.147. The maximum atomic E-state index is 10.7. The van der Waals surface area contributed by atoms with Gasteiger partial charge in [-0.2, -0.15) is 0 Å². The topological polar surface area (TPSA) is 77.8 Å². The smallest absolute Gasteiger partial charge is 0.192 e. The van der Waals surface area contributed by atoms with Gasteiger partial charge in [-0.3, -0.25) is 4.79 Å². The molecule has 0 bridgehead atoms. The molecule has 1 aliphatic rings. The molecule has 0 aromatic carbocycles. The maximum Gasteiger partial charge on any atom is 0.192 e. The lowest BCUT2D eigenvalue weighted by Crippen LogP contribution is -2.45. The summed E-state index contributed by atoms with van der Waals surface area (Å²) in [5.41, 5.74) is 0. The Kier molecular flexibility index (Phi) is 2.03. The number of Topliss-reactive ketones (excluding diaryl/α,β-unsaturated/α-hetero) is 1. The van der Waals surface area contributed by atoms with Gasteiger partial charge >= 0.3 is 0 Å². The van der Waals surface area contributed by atoms with E-state index in [1.165, 1.54) is 0 Å². The zero-order valence-electron chi connectivity index (χ0n) is 5.40. The summed E-state index contributed by atoms with van der Waals surface area (Å²) in [7, 11) is 0. The Bertz CT molecular complexity index is 145. The van der Waals surface area contributed by atoms with Crippen LogP contribution in [0, 0.1) is 0 Å². The molecule has 0 heterocycles. The van der Waals surface area contributed by atoms with E-state index in [2.05, 4.69) is 0 Å². The van der Waals surface area contributed by atoms with Crippen LogP contribution in [0.5, 0.6) is 0 Å². The average Bonchev–Trinajstić information content (AvgIpc) is 1.93. The summed E-state index contributed by atoms with van der Waals surface area (Å²) in [6.45, 7) is 0. The van der Waals surface area contributed by atoms with E-state index < -0.39 is 24.1 Å². The Hall–Kier alpha value is -0.450. The molecule has 1 rings (SSSR count). The molecule has 1 unspecified atom stereocenters. The zero-order chi connectivity index (χ0) is 7.72. The molecule has 0 saturated heterocycles. The molecule has 0 radical (unpaired) electrons. The molecule has 0 aliphatic heterocycles. The number of rotatable bonds is 0. The Morgan fingerprint density at radius 3 is 2.30 bits per heavy atom. The minimum absolute atomic E-state index is 0.247. The number of hydrogen-bond donors (Lipinski definition) is 3. The van der Waals surface area contributed by atoms with E-state index in [1.54, 1.807) is 0 Å². The summed E-state index contributed by atoms with van der Waals surface area (Å²) in [6.07, 6.45) is -2.93. The lowest BCUT2D eigenvalue weighted by atomic mass is 9.91. The second kappa shape index (κ2) is 2.65. The number of ketones is 1. The molecular weight excluding hydrogens is 136 g/mol. The fourth-order valence-electron chi connectivity index (χ4n) is 1.02. The van der Waals surface area contributed by atoms with Gasteiger partial charge in [-0.05, 0) is 12.8 Å². The summed E-state index contributed by atoms with van der Waals surface area (Å²) < 4.78 is 0. The van der Waals surface area contributed by atoms with Crippen LogP contribution >= 0.6 is 0 Å². The minimum atomic E-state index is -1.39. The number of carbonyl (C=O) groups is 1. The highest BCUT2D eigenvalue weighted by Gasteiger charge is 2.34. The van der Waals surface area contributed by atoms with E-state index in [-0.39, 0.29) is 12.8 Å². The summed E-state index contributed by atoms with van der Waals surface area (Å²) >= 11 is 0. The predicted octanol–water partition coefficient (Wildman–Crippen LogP) is -1.57. The molecular formula is C6H10O4. The third-order valence-corrected chi connectivity index (χ3v) is 1.72. The van der Waals surface area contributed by atoms with Crippen LogP contribution in [0.15, 0.2) is 0 Å². The van der Waals surface area contributed by atoms with Gasteiger partial charge in [0.25, 0.3) is 0 Å². The Labute approximate surface area is 58.1 Å². The van der Waals surface area contributed by atoms with Crippen LogP contribution in [0.3, 0.4) is 0 Å². The zero-order valence-corrected chi connectivity index (χ0v) is 5.40. The van der Waals surface area contributed by atoms with Crippen molar-refractivity contribution >= 4 is 5.78 Å². The summed E-state index contributed by atoms with van der Waals surface area (Å²) in [6, 6.07) is 0. The van der Waals surface area contributed by atoms with Crippen LogP contribution in [-0.4, -0.2) is 39.4 Å². The van der Waals surface area contributed by atoms with E-state index in [0.29, 0.717) is 0 Å². The summed E-state index contributed by atoms with van der Waals surface area (Å²) in [5.74, 6) is -0.668. The van der Waals surface area contributed by atoms with Crippen LogP contribution in [-0.2, 0) is 4.79 Å². The van der Waals surface area contributed by atoms with Gasteiger partial charge in [-0.15, -0.1) is 0 Å². The largest absolute Gasteiger partial charge is 0.390 e. The van der Waals surface area contributed by atoms with Gasteiger partial charge in [0.2, 0.25) is 0 Å². The first-order chi connectivity index (χ1) is 4.63. The van der Waals surface area contributed by atoms with E-state index in [9.17, 15) is 4.79 Å². The number of aliphatic hydroxyl groups is 3. The van der Waals surface area contributed by atoms with E-state index in [0.717, 1.165) is 0 Å². The first-order valence-electron chi connectivity index (χ1n) is 3.21. The lowest BCUT2D eigenvalue weighted by Gasteiger charge is -2.25. The van der Waals surface area contributed by atoms with Crippen molar-refractivity contribution in [3.8, 4) is 0 Å². The van der Waals surface area contributed by atoms with E-state index in [4.69, 9.17) is 15.3 Å². The summed E-state index contributed by atoms with van der Waals surface area (Å²) in [5, 5.41) is 26.6. The van der Waals surface area contributed by atoms with Gasteiger partial charge in [0, 0.05) is 0 Å². The maximum absolute atomic E-state index is 10.7. The third-order valence-electron chi connectivity index (χ3n) is 1.72. The normalized spacial score (nSPS) is 41.9. The van der Waals surface area contributed by atoms with E-state index in [1.807, 2.05) is 0 Å². The highest BCUT2D eigenvalue weighted by Crippen LogP contribution is 2.15. The monoisotopic (exact) mass is 146 g/mol. The SMILES string of the molecule is O=C1C(O)CC[C@@H](O)[C@@H]1O. The average molecular weight is 146 g/mol. The van der Waals surface area contributed by atoms with Gasteiger partial charge in [-0.25, -0.2) is 0 Å². The standard InChI is InChI=1S/C6H10O4/c7-3-1-2-4(8)6(10)5(3)9/h3-5,7-9H,1-2H2/t3-,4?,5+/m1/s1. The number of carbonyl (C=O) groups excluding carboxylic acids is 1. The van der Waals surface area contributed by atoms with Crippen LogP contribution in [0.4, 0.5) is 0 Å². The van der Waals surface area contributed by atoms with Crippen molar-refractivity contribution in [3.63, 3.8) is 0 Å². The van der Waals surface area contributed by atoms with Crippen LogP contribution in [0.25, 0.3) is 0 Å². The molecule has 0 aromatic heterocycles. The first-order valence-corrected chi connectivity index (χ1v) is 3.21. The molecule has 0 aromatic rings. The van der Waals surface area contributed by atoms with Crippen molar-refractivity contribution in [2.45, 2.75) is 31.2 Å². The predicted molar refractivity (Wildman–Crippen MR) is 32.3 cm³/mol. The second-order valence-corrected chi connectivity index (χ2v) is 2.51. The molecule has 1 fully saturated rings. The first kappa shape index (κ1) is 7.65. The molecule has 3 atom stereocenters. The quantitative estimate of drug-likeness (QED) is 0.386. The minimum Gasteiger partial charge on any atom is -0.390 e. The second-order valence-electron chi connectivity index (χ2n) is 2.51. The van der Waals surface area contributed by atoms with Gasteiger partial charge in [0.05, 0.1) is 6.10 Å². The Balaban J connectivity index is 2.60. The molecule has 1 aliphatic carbocycles. The molecule has 0 spiro atoms. The van der Waals surface area contributed by atoms with Crippen LogP contribution in [0.2, 0.25) is 0 Å². The molecule has 1 saturated carbocycles. The van der Waals surface area contributed by atoms with Gasteiger partial charge in [0.1, 0.15) is 12.2 Å². The van der Waals surface area contributed by atoms with Crippen LogP contribution in [0.1, 0.15) is 12.8 Å². The summed E-state index contributed by atoms with van der Waals surface area (Å²) in [4.78, 5) is 10.7. The van der Waals surface area contributed by atoms with Crippen molar-refractivity contribution < 1.29 is 20.1 Å². The molecule has 4 heteroatoms. The molecule has 3 N–H and O–H groups in total. The van der Waals surface area contributed by atoms with Crippen molar-refractivity contribution in [3.05, 3.63) is 0 Å². The fraction of sp³-hybridized carbons (Fsp3) is 0.833. The highest BCUT2D eigenvalue weighted by molar-refractivity contribution is 5.88. The van der Waals surface area contributed by atoms with Gasteiger partial charge in [0.15, 0.2) is 5.78 Å². The van der Waals surface area contributed by atoms with Gasteiger partial charge in [-0.1, -0.05) is 0 Å². The number of hydrogen-bond acceptors (Lipinski definition) is 4. The van der Waals surface area contributed by atoms with Gasteiger partial charge < -0.3 is 15.3 Å². The molecule has 58 valence electrons. The Morgan fingerprint density at radius 2 is 1.80 bits per heavy atom. The molecule has 0 amide bonds. The fourth-order valence-corrected chi connectivity index (χ4v) is 1.02. The third kappa shape index (κ3) is 1.18. The van der Waals surface area contributed by atoms with Crippen molar-refractivity contribution in [2.75, 3.05) is 0 Å². The highest BCUT2D eigenvalue weighted by atomic mass is 16.3. The van der Waals surface area contributed by atoms with Crippen molar-refractivity contribution in [1.29, 1.82) is 0 Å². The van der Waals surface area contributed by atoms with Crippen molar-refractivity contribution in [1.82, 2.24) is 0 Å². The van der Waals surface area contributed by atoms with Crippen LogP contribution < -0.4 is 0 Å². The Morgan fingerprint density at radius 1 is 1.20 bits per heavy atom. The molecule has 4 nitrogen and oxygen atoms in total. The van der Waals surface area contributed by atoms with E-state index >= 15 is 0 Å².